The number of carboxylic acid groups (broad SMARTS) is 1. The van der Waals surface area contributed by atoms with Crippen molar-refractivity contribution in [3.8, 4) is 21.8 Å². The number of rotatable bonds is 3. The zero-order chi connectivity index (χ0) is 15.8. The molecule has 0 radical (unpaired) electrons. The van der Waals surface area contributed by atoms with Crippen LogP contribution in [0.2, 0.25) is 0 Å². The topological polar surface area (TPSA) is 91.8 Å². The van der Waals surface area contributed by atoms with Crippen LogP contribution in [0.15, 0.2) is 48.5 Å². The fourth-order valence-electron chi connectivity index (χ4n) is 2.56. The van der Waals surface area contributed by atoms with Gasteiger partial charge in [0, 0.05) is 16.0 Å². The fraction of sp³-hybridized carbons (Fsp3) is 0. The average molecular weight is 322 g/mol. The molecule has 6 nitrogen and oxygen atoms in total. The predicted molar refractivity (Wildman–Crippen MR) is 87.4 cm³/mol. The lowest BCUT2D eigenvalue weighted by Crippen LogP contribution is -1.90. The van der Waals surface area contributed by atoms with Crippen molar-refractivity contribution in [1.29, 1.82) is 0 Å². The number of aromatic amines is 1. The number of aromatic carboxylic acids is 1. The van der Waals surface area contributed by atoms with E-state index in [1.807, 2.05) is 42.5 Å². The Labute approximate surface area is 134 Å². The lowest BCUT2D eigenvalue weighted by Gasteiger charge is -2.06. The van der Waals surface area contributed by atoms with E-state index >= 15 is 0 Å². The van der Waals surface area contributed by atoms with Crippen LogP contribution >= 0.6 is 11.3 Å². The number of carbonyl (C=O) groups is 1. The number of aromatic nitrogens is 4. The van der Waals surface area contributed by atoms with Gasteiger partial charge in [-0.3, -0.25) is 0 Å². The SMILES string of the molecule is O=C(O)c1cc(-c2nn[nH]n2)c(-c2cccc3ccccc23)s1. The summed E-state index contributed by atoms with van der Waals surface area (Å²) in [6.45, 7) is 0. The van der Waals surface area contributed by atoms with Gasteiger partial charge in [-0.2, -0.15) is 5.21 Å². The summed E-state index contributed by atoms with van der Waals surface area (Å²) in [4.78, 5) is 12.4. The highest BCUT2D eigenvalue weighted by atomic mass is 32.1. The minimum absolute atomic E-state index is 0.243. The number of tetrazole rings is 1. The van der Waals surface area contributed by atoms with Crippen molar-refractivity contribution in [1.82, 2.24) is 20.6 Å². The minimum atomic E-state index is -0.966. The normalized spacial score (nSPS) is 11.0. The van der Waals surface area contributed by atoms with Gasteiger partial charge in [0.05, 0.1) is 0 Å². The first-order valence-corrected chi connectivity index (χ1v) is 7.65. The van der Waals surface area contributed by atoms with Crippen molar-refractivity contribution >= 4 is 28.1 Å². The monoisotopic (exact) mass is 322 g/mol. The number of nitrogens with zero attached hydrogens (tertiary/aromatic N) is 3. The molecular formula is C16H10N4O2S. The van der Waals surface area contributed by atoms with Crippen molar-refractivity contribution < 1.29 is 9.90 Å². The molecule has 0 atom stereocenters. The molecule has 112 valence electrons. The molecule has 0 bridgehead atoms. The predicted octanol–water partition coefficient (Wildman–Crippen LogP) is 3.45. The maximum absolute atomic E-state index is 11.4. The smallest absolute Gasteiger partial charge is 0.345 e. The first kappa shape index (κ1) is 13.6. The molecule has 2 N–H and O–H groups in total. The number of hydrogen-bond acceptors (Lipinski definition) is 5. The number of carboxylic acids is 1. The number of nitrogens with one attached hydrogen (secondary N) is 1. The van der Waals surface area contributed by atoms with E-state index in [4.69, 9.17) is 0 Å². The maximum atomic E-state index is 11.4. The summed E-state index contributed by atoms with van der Waals surface area (Å²) in [5, 5.41) is 25.4. The molecule has 0 aliphatic carbocycles. The lowest BCUT2D eigenvalue weighted by molar-refractivity contribution is 0.0702. The molecule has 0 aliphatic rings. The van der Waals surface area contributed by atoms with E-state index in [1.165, 1.54) is 11.3 Å². The summed E-state index contributed by atoms with van der Waals surface area (Å²) in [6, 6.07) is 15.5. The summed E-state index contributed by atoms with van der Waals surface area (Å²) >= 11 is 1.21. The molecule has 0 spiro atoms. The van der Waals surface area contributed by atoms with Crippen LogP contribution in [0.1, 0.15) is 9.67 Å². The zero-order valence-corrected chi connectivity index (χ0v) is 12.5. The van der Waals surface area contributed by atoms with Gasteiger partial charge in [-0.05, 0) is 22.1 Å². The van der Waals surface area contributed by atoms with Crippen LogP contribution in [-0.2, 0) is 0 Å². The Morgan fingerprint density at radius 3 is 2.70 bits per heavy atom. The number of fused-ring (bicyclic) bond motifs is 1. The summed E-state index contributed by atoms with van der Waals surface area (Å²) in [7, 11) is 0. The van der Waals surface area contributed by atoms with Crippen LogP contribution in [0.3, 0.4) is 0 Å². The van der Waals surface area contributed by atoms with Gasteiger partial charge in [-0.1, -0.05) is 42.5 Å². The third-order valence-corrected chi connectivity index (χ3v) is 4.72. The molecule has 7 heteroatoms. The highest BCUT2D eigenvalue weighted by molar-refractivity contribution is 7.18. The number of H-pyrrole nitrogens is 1. The molecule has 0 fully saturated rings. The molecular weight excluding hydrogens is 312 g/mol. The third-order valence-electron chi connectivity index (χ3n) is 3.56. The van der Waals surface area contributed by atoms with E-state index in [9.17, 15) is 9.90 Å². The van der Waals surface area contributed by atoms with E-state index in [0.29, 0.717) is 11.4 Å². The molecule has 0 unspecified atom stereocenters. The quantitative estimate of drug-likeness (QED) is 0.603. The van der Waals surface area contributed by atoms with Gasteiger partial charge >= 0.3 is 5.97 Å². The van der Waals surface area contributed by atoms with E-state index in [1.54, 1.807) is 6.07 Å². The van der Waals surface area contributed by atoms with Crippen molar-refractivity contribution in [2.24, 2.45) is 0 Å². The maximum Gasteiger partial charge on any atom is 0.345 e. The number of hydrogen-bond donors (Lipinski definition) is 2. The Balaban J connectivity index is 2.02. The average Bonchev–Trinajstić information content (AvgIpc) is 3.23. The largest absolute Gasteiger partial charge is 0.477 e. The van der Waals surface area contributed by atoms with Crippen molar-refractivity contribution in [2.75, 3.05) is 0 Å². The second-order valence-electron chi connectivity index (χ2n) is 4.92. The Bertz CT molecular complexity index is 1000. The summed E-state index contributed by atoms with van der Waals surface area (Å²) in [6.07, 6.45) is 0. The van der Waals surface area contributed by atoms with E-state index in [0.717, 1.165) is 21.2 Å². The van der Waals surface area contributed by atoms with Crippen LogP contribution in [0.25, 0.3) is 32.6 Å². The first-order valence-electron chi connectivity index (χ1n) is 6.83. The highest BCUT2D eigenvalue weighted by Gasteiger charge is 2.20. The minimum Gasteiger partial charge on any atom is -0.477 e. The van der Waals surface area contributed by atoms with Crippen LogP contribution in [0.5, 0.6) is 0 Å². The molecule has 0 aliphatic heterocycles. The zero-order valence-electron chi connectivity index (χ0n) is 11.7. The van der Waals surface area contributed by atoms with E-state index < -0.39 is 5.97 Å². The van der Waals surface area contributed by atoms with Crippen molar-refractivity contribution in [3.63, 3.8) is 0 Å². The van der Waals surface area contributed by atoms with E-state index in [-0.39, 0.29) is 4.88 Å². The summed E-state index contributed by atoms with van der Waals surface area (Å²) in [5.74, 6) is -0.581. The van der Waals surface area contributed by atoms with E-state index in [2.05, 4.69) is 20.6 Å². The van der Waals surface area contributed by atoms with Crippen LogP contribution in [0.4, 0.5) is 0 Å². The van der Waals surface area contributed by atoms with Crippen LogP contribution in [-0.4, -0.2) is 31.7 Å². The highest BCUT2D eigenvalue weighted by Crippen LogP contribution is 2.40. The van der Waals surface area contributed by atoms with Gasteiger partial charge in [-0.15, -0.1) is 21.5 Å². The third kappa shape index (κ3) is 2.27. The standard InChI is InChI=1S/C16H10N4O2S/c21-16(22)13-8-12(15-17-19-20-18-15)14(23-13)11-7-3-5-9-4-1-2-6-10(9)11/h1-8H,(H,21,22)(H,17,18,19,20). The fourth-order valence-corrected chi connectivity index (χ4v) is 3.59. The Kier molecular flexibility index (Phi) is 3.13. The molecule has 2 aromatic heterocycles. The van der Waals surface area contributed by atoms with Gasteiger partial charge < -0.3 is 5.11 Å². The summed E-state index contributed by atoms with van der Waals surface area (Å²) < 4.78 is 0. The Morgan fingerprint density at radius 1 is 1.09 bits per heavy atom. The molecule has 2 heterocycles. The van der Waals surface area contributed by atoms with Crippen molar-refractivity contribution in [2.45, 2.75) is 0 Å². The van der Waals surface area contributed by atoms with Crippen molar-refractivity contribution in [3.05, 3.63) is 53.4 Å². The Hall–Kier alpha value is -3.06. The van der Waals surface area contributed by atoms with Crippen LogP contribution in [0, 0.1) is 0 Å². The molecule has 0 saturated carbocycles. The molecule has 23 heavy (non-hydrogen) atoms. The van der Waals surface area contributed by atoms with Crippen LogP contribution < -0.4 is 0 Å². The lowest BCUT2D eigenvalue weighted by atomic mass is 10.0. The second kappa shape index (κ2) is 5.29. The molecule has 0 saturated heterocycles. The molecule has 2 aromatic carbocycles. The molecule has 4 rings (SSSR count). The molecule has 0 amide bonds. The van der Waals surface area contributed by atoms with Gasteiger partial charge in [0.25, 0.3) is 0 Å². The van der Waals surface area contributed by atoms with Gasteiger partial charge in [0.1, 0.15) is 4.88 Å². The second-order valence-corrected chi connectivity index (χ2v) is 5.97. The Morgan fingerprint density at radius 2 is 1.91 bits per heavy atom. The van der Waals surface area contributed by atoms with Gasteiger partial charge in [0.15, 0.2) is 0 Å². The van der Waals surface area contributed by atoms with Gasteiger partial charge in [0.2, 0.25) is 5.82 Å². The van der Waals surface area contributed by atoms with Gasteiger partial charge in [-0.25, -0.2) is 4.79 Å². The molecule has 4 aromatic rings. The number of thiophene rings is 1. The number of benzene rings is 2. The summed E-state index contributed by atoms with van der Waals surface area (Å²) in [5.41, 5.74) is 1.62. The first-order chi connectivity index (χ1) is 11.2.